The highest BCUT2D eigenvalue weighted by atomic mass is 32.2. The third kappa shape index (κ3) is 5.68. The summed E-state index contributed by atoms with van der Waals surface area (Å²) < 4.78 is 10.5. The summed E-state index contributed by atoms with van der Waals surface area (Å²) in [5.74, 6) is 0.833. The lowest BCUT2D eigenvalue weighted by atomic mass is 10.2. The molecule has 0 aliphatic carbocycles. The average Bonchev–Trinajstić information content (AvgIpc) is 3.13. The van der Waals surface area contributed by atoms with Gasteiger partial charge in [0.2, 0.25) is 5.91 Å². The monoisotopic (exact) mass is 450 g/mol. The topological polar surface area (TPSA) is 104 Å². The number of amidine groups is 1. The Balaban J connectivity index is 1.87. The largest absolute Gasteiger partial charge is 0.497 e. The summed E-state index contributed by atoms with van der Waals surface area (Å²) >= 11 is 1.15. The lowest BCUT2D eigenvalue weighted by molar-refractivity contribution is -0.118. The summed E-state index contributed by atoms with van der Waals surface area (Å²) in [6, 6.07) is 16.3. The van der Waals surface area contributed by atoms with Gasteiger partial charge in [-0.15, -0.1) is 0 Å². The zero-order valence-electron chi connectivity index (χ0n) is 17.7. The molecule has 2 aromatic carbocycles. The van der Waals surface area contributed by atoms with Gasteiger partial charge in [0.15, 0.2) is 5.17 Å². The van der Waals surface area contributed by atoms with Crippen LogP contribution in [-0.2, 0) is 9.59 Å². The second-order valence-corrected chi connectivity index (χ2v) is 7.53. The molecule has 0 spiro atoms. The van der Waals surface area contributed by atoms with Crippen LogP contribution in [0, 0.1) is 11.3 Å². The zero-order valence-corrected chi connectivity index (χ0v) is 18.5. The Morgan fingerprint density at radius 3 is 2.62 bits per heavy atom. The Labute approximate surface area is 190 Å². The first-order valence-corrected chi connectivity index (χ1v) is 10.7. The van der Waals surface area contributed by atoms with Crippen molar-refractivity contribution in [3.8, 4) is 17.6 Å². The molecule has 0 bridgehead atoms. The minimum absolute atomic E-state index is 0.0633. The molecular weight excluding hydrogens is 428 g/mol. The van der Waals surface area contributed by atoms with Gasteiger partial charge >= 0.3 is 0 Å². The van der Waals surface area contributed by atoms with Gasteiger partial charge in [0.05, 0.1) is 38.1 Å². The summed E-state index contributed by atoms with van der Waals surface area (Å²) in [4.78, 5) is 31.3. The van der Waals surface area contributed by atoms with Gasteiger partial charge in [-0.1, -0.05) is 30.0 Å². The summed E-state index contributed by atoms with van der Waals surface area (Å²) in [5, 5.41) is 11.7. The molecule has 1 N–H and O–H groups in total. The maximum absolute atomic E-state index is 13.2. The van der Waals surface area contributed by atoms with Crippen LogP contribution in [0.25, 0.3) is 6.08 Å². The number of rotatable bonds is 8. The van der Waals surface area contributed by atoms with Crippen molar-refractivity contribution in [2.24, 2.45) is 4.99 Å². The van der Waals surface area contributed by atoms with E-state index >= 15 is 0 Å². The zero-order chi connectivity index (χ0) is 22.9. The second-order valence-electron chi connectivity index (χ2n) is 6.59. The van der Waals surface area contributed by atoms with Gasteiger partial charge in [-0.2, -0.15) is 5.26 Å². The highest BCUT2D eigenvalue weighted by Crippen LogP contribution is 2.31. The van der Waals surface area contributed by atoms with Crippen molar-refractivity contribution in [2.45, 2.75) is 6.42 Å². The van der Waals surface area contributed by atoms with Crippen LogP contribution in [0.2, 0.25) is 0 Å². The summed E-state index contributed by atoms with van der Waals surface area (Å²) in [6.45, 7) is 0.281. The fourth-order valence-corrected chi connectivity index (χ4v) is 3.71. The molecule has 0 unspecified atom stereocenters. The van der Waals surface area contributed by atoms with Crippen LogP contribution in [0.1, 0.15) is 12.0 Å². The summed E-state index contributed by atoms with van der Waals surface area (Å²) in [5.41, 5.74) is 1.64. The molecule has 32 heavy (non-hydrogen) atoms. The van der Waals surface area contributed by atoms with Gasteiger partial charge in [0.25, 0.3) is 5.91 Å². The second kappa shape index (κ2) is 11.0. The van der Waals surface area contributed by atoms with E-state index in [2.05, 4.69) is 10.3 Å². The molecule has 2 amide bonds. The SMILES string of the molecule is COc1ccc(/C=C2\N=C(SCC(=O)NCCC#N)N(c3cccc(OC)c3)C2=O)cc1. The minimum Gasteiger partial charge on any atom is -0.497 e. The first kappa shape index (κ1) is 22.9. The van der Waals surface area contributed by atoms with Crippen LogP contribution in [0.4, 0.5) is 5.69 Å². The van der Waals surface area contributed by atoms with Crippen molar-refractivity contribution in [3.05, 3.63) is 59.8 Å². The van der Waals surface area contributed by atoms with E-state index in [-0.39, 0.29) is 36.2 Å². The quantitative estimate of drug-likeness (QED) is 0.489. The van der Waals surface area contributed by atoms with Crippen LogP contribution < -0.4 is 19.7 Å². The average molecular weight is 451 g/mol. The van der Waals surface area contributed by atoms with Gasteiger partial charge in [-0.05, 0) is 35.9 Å². The molecule has 0 radical (unpaired) electrons. The Bertz CT molecular complexity index is 1090. The van der Waals surface area contributed by atoms with E-state index in [1.807, 2.05) is 18.2 Å². The number of nitrogens with zero attached hydrogens (tertiary/aromatic N) is 3. The Kier molecular flexibility index (Phi) is 7.89. The fraction of sp³-hybridized carbons (Fsp3) is 0.217. The van der Waals surface area contributed by atoms with Crippen molar-refractivity contribution < 1.29 is 19.1 Å². The smallest absolute Gasteiger partial charge is 0.283 e. The van der Waals surface area contributed by atoms with Gasteiger partial charge in [0.1, 0.15) is 17.2 Å². The van der Waals surface area contributed by atoms with Gasteiger partial charge in [-0.3, -0.25) is 14.5 Å². The number of thioether (sulfide) groups is 1. The Hall–Kier alpha value is -3.77. The lowest BCUT2D eigenvalue weighted by Gasteiger charge is -2.18. The molecule has 0 saturated heterocycles. The van der Waals surface area contributed by atoms with Crippen LogP contribution in [0.3, 0.4) is 0 Å². The van der Waals surface area contributed by atoms with E-state index in [9.17, 15) is 9.59 Å². The predicted octanol–water partition coefficient (Wildman–Crippen LogP) is 3.21. The van der Waals surface area contributed by atoms with Crippen molar-refractivity contribution >= 4 is 40.5 Å². The first-order chi connectivity index (χ1) is 15.5. The predicted molar refractivity (Wildman–Crippen MR) is 125 cm³/mol. The third-order valence-electron chi connectivity index (χ3n) is 4.45. The molecule has 2 aromatic rings. The number of carbonyl (C=O) groups is 2. The summed E-state index contributed by atoms with van der Waals surface area (Å²) in [7, 11) is 3.14. The summed E-state index contributed by atoms with van der Waals surface area (Å²) in [6.07, 6.45) is 1.93. The molecule has 164 valence electrons. The van der Waals surface area contributed by atoms with E-state index in [1.54, 1.807) is 56.7 Å². The number of nitrogens with one attached hydrogen (secondary N) is 1. The molecule has 0 fully saturated rings. The van der Waals surface area contributed by atoms with Crippen molar-refractivity contribution in [2.75, 3.05) is 31.4 Å². The maximum Gasteiger partial charge on any atom is 0.283 e. The van der Waals surface area contributed by atoms with E-state index in [1.165, 1.54) is 4.90 Å². The lowest BCUT2D eigenvalue weighted by Crippen LogP contribution is -2.32. The number of hydrogen-bond acceptors (Lipinski definition) is 7. The molecule has 0 aromatic heterocycles. The Morgan fingerprint density at radius 2 is 1.94 bits per heavy atom. The van der Waals surface area contributed by atoms with Crippen LogP contribution in [-0.4, -0.2) is 43.5 Å². The highest BCUT2D eigenvalue weighted by Gasteiger charge is 2.32. The van der Waals surface area contributed by atoms with Gasteiger partial charge in [-0.25, -0.2) is 4.99 Å². The molecule has 1 heterocycles. The van der Waals surface area contributed by atoms with Gasteiger partial charge < -0.3 is 14.8 Å². The fourth-order valence-electron chi connectivity index (χ4n) is 2.87. The van der Waals surface area contributed by atoms with E-state index in [4.69, 9.17) is 14.7 Å². The molecule has 1 aliphatic rings. The van der Waals surface area contributed by atoms with E-state index < -0.39 is 0 Å². The number of hydrogen-bond donors (Lipinski definition) is 1. The first-order valence-electron chi connectivity index (χ1n) is 9.75. The number of aliphatic imine (C=N–C) groups is 1. The number of ether oxygens (including phenoxy) is 2. The van der Waals surface area contributed by atoms with E-state index in [0.717, 1.165) is 17.3 Å². The van der Waals surface area contributed by atoms with Crippen LogP contribution in [0.5, 0.6) is 11.5 Å². The maximum atomic E-state index is 13.2. The highest BCUT2D eigenvalue weighted by molar-refractivity contribution is 8.14. The normalized spacial score (nSPS) is 14.2. The molecular formula is C23H22N4O4S. The number of methoxy groups -OCH3 is 2. The molecule has 8 nitrogen and oxygen atoms in total. The standard InChI is InChI=1S/C23H22N4O4S/c1-30-18-9-7-16(8-10-18)13-20-22(29)27(17-5-3-6-19(14-17)31-2)23(26-20)32-15-21(28)25-12-4-11-24/h3,5-10,13-14H,4,12,15H2,1-2H3,(H,25,28)/b20-13-. The Morgan fingerprint density at radius 1 is 1.19 bits per heavy atom. The van der Waals surface area contributed by atoms with Crippen molar-refractivity contribution in [1.29, 1.82) is 5.26 Å². The van der Waals surface area contributed by atoms with Crippen molar-refractivity contribution in [1.82, 2.24) is 5.32 Å². The number of nitriles is 1. The third-order valence-corrected chi connectivity index (χ3v) is 5.39. The number of anilines is 1. The van der Waals surface area contributed by atoms with Gasteiger partial charge in [0, 0.05) is 12.6 Å². The molecule has 9 heteroatoms. The van der Waals surface area contributed by atoms with E-state index in [0.29, 0.717) is 22.4 Å². The van der Waals surface area contributed by atoms with Crippen LogP contribution in [0.15, 0.2) is 59.2 Å². The number of carbonyl (C=O) groups excluding carboxylic acids is 2. The molecule has 1 aliphatic heterocycles. The number of amides is 2. The molecule has 3 rings (SSSR count). The van der Waals surface area contributed by atoms with Crippen LogP contribution >= 0.6 is 11.8 Å². The minimum atomic E-state index is -0.304. The molecule has 0 saturated carbocycles. The van der Waals surface area contributed by atoms with Crippen molar-refractivity contribution in [3.63, 3.8) is 0 Å². The molecule has 0 atom stereocenters. The number of benzene rings is 2.